The Balaban J connectivity index is 1.43. The van der Waals surface area contributed by atoms with Crippen molar-refractivity contribution in [2.75, 3.05) is 6.61 Å². The van der Waals surface area contributed by atoms with Gasteiger partial charge in [-0.15, -0.1) is 0 Å². The summed E-state index contributed by atoms with van der Waals surface area (Å²) >= 11 is 3.75. The molecule has 5 heterocycles. The van der Waals surface area contributed by atoms with Gasteiger partial charge in [-0.25, -0.2) is 4.79 Å². The van der Waals surface area contributed by atoms with Crippen LogP contribution in [0.3, 0.4) is 0 Å². The van der Waals surface area contributed by atoms with Gasteiger partial charge >= 0.3 is 11.9 Å². The summed E-state index contributed by atoms with van der Waals surface area (Å²) in [6.07, 6.45) is 2.03. The molecule has 4 unspecified atom stereocenters. The highest BCUT2D eigenvalue weighted by atomic mass is 79.9. The number of fused-ring (bicyclic) bond motifs is 5. The van der Waals surface area contributed by atoms with Crippen LogP contribution >= 0.6 is 15.9 Å². The van der Waals surface area contributed by atoms with Gasteiger partial charge < -0.3 is 29.2 Å². The van der Waals surface area contributed by atoms with Crippen molar-refractivity contribution in [3.8, 4) is 0 Å². The number of aliphatic hydroxyl groups is 2. The van der Waals surface area contributed by atoms with Crippen LogP contribution in [0, 0.1) is 34.5 Å². The number of rotatable bonds is 0. The molecule has 8 rings (SSSR count). The molecule has 0 aromatic rings. The molecule has 2 N–H and O–H groups in total. The lowest BCUT2D eigenvalue weighted by atomic mass is 9.46. The van der Waals surface area contributed by atoms with Crippen molar-refractivity contribution in [2.45, 2.75) is 92.0 Å². The predicted molar refractivity (Wildman–Crippen MR) is 132 cm³/mol. The maximum Gasteiger partial charge on any atom is 0.342 e. The molecule has 5 saturated heterocycles. The van der Waals surface area contributed by atoms with Crippen molar-refractivity contribution in [1.29, 1.82) is 0 Å². The minimum Gasteiger partial charge on any atom is -0.458 e. The lowest BCUT2D eigenvalue weighted by molar-refractivity contribution is -0.378. The summed E-state index contributed by atoms with van der Waals surface area (Å²) in [6.45, 7) is 5.01. The maximum atomic E-state index is 14.9. The van der Waals surface area contributed by atoms with Gasteiger partial charge in [-0.05, 0) is 56.4 Å². The van der Waals surface area contributed by atoms with Crippen LogP contribution in [0.4, 0.5) is 0 Å². The highest BCUT2D eigenvalue weighted by molar-refractivity contribution is 9.10. The average Bonchev–Trinajstić information content (AvgIpc) is 3.19. The third-order valence-corrected chi connectivity index (χ3v) is 14.3. The van der Waals surface area contributed by atoms with E-state index in [4.69, 9.17) is 18.9 Å². The van der Waals surface area contributed by atoms with E-state index in [9.17, 15) is 29.4 Å². The molecule has 2 saturated carbocycles. The number of aliphatic hydroxyl groups excluding tert-OH is 1. The molecule has 11 heteroatoms. The van der Waals surface area contributed by atoms with Crippen molar-refractivity contribution in [2.24, 2.45) is 34.5 Å². The number of carbonyl (C=O) groups is 4. The first kappa shape index (κ1) is 25.1. The van der Waals surface area contributed by atoms with Gasteiger partial charge in [0, 0.05) is 5.92 Å². The molecule has 5 aliphatic heterocycles. The van der Waals surface area contributed by atoms with E-state index in [1.807, 2.05) is 6.92 Å². The summed E-state index contributed by atoms with van der Waals surface area (Å²) in [5, 5.41) is 24.1. The molecule has 0 amide bonds. The average molecular weight is 607 g/mol. The summed E-state index contributed by atoms with van der Waals surface area (Å²) < 4.78 is 24.1. The molecule has 10 nitrogen and oxygen atoms in total. The van der Waals surface area contributed by atoms with Crippen LogP contribution in [0.2, 0.25) is 0 Å². The molecule has 8 aliphatic rings. The normalized spacial score (nSPS) is 62.0. The molecule has 210 valence electrons. The summed E-state index contributed by atoms with van der Waals surface area (Å²) in [5.41, 5.74) is -8.01. The van der Waals surface area contributed by atoms with Crippen LogP contribution in [0.25, 0.3) is 0 Å². The predicted octanol–water partition coefficient (Wildman–Crippen LogP) is 1.13. The summed E-state index contributed by atoms with van der Waals surface area (Å²) in [4.78, 5) is 55.7. The van der Waals surface area contributed by atoms with Gasteiger partial charge in [0.2, 0.25) is 5.79 Å². The zero-order chi connectivity index (χ0) is 27.8. The molecule has 0 aromatic carbocycles. The number of ketones is 2. The monoisotopic (exact) mass is 606 g/mol. The second kappa shape index (κ2) is 6.69. The largest absolute Gasteiger partial charge is 0.458 e. The second-order valence-electron chi connectivity index (χ2n) is 13.7. The number of alkyl halides is 1. The van der Waals surface area contributed by atoms with E-state index < -0.39 is 91.3 Å². The smallest absolute Gasteiger partial charge is 0.342 e. The minimum atomic E-state index is -2.25. The molecular formula is C28H31BrO10. The van der Waals surface area contributed by atoms with Crippen molar-refractivity contribution in [3.63, 3.8) is 0 Å². The quantitative estimate of drug-likeness (QED) is 0.304. The van der Waals surface area contributed by atoms with E-state index in [1.165, 1.54) is 6.08 Å². The molecule has 2 spiro atoms. The molecule has 13 atom stereocenters. The first-order valence-corrected chi connectivity index (χ1v) is 14.6. The summed E-state index contributed by atoms with van der Waals surface area (Å²) in [5.74, 6) is -7.48. The van der Waals surface area contributed by atoms with Crippen molar-refractivity contribution in [3.05, 3.63) is 12.2 Å². The van der Waals surface area contributed by atoms with Gasteiger partial charge in [-0.1, -0.05) is 35.9 Å². The van der Waals surface area contributed by atoms with E-state index in [0.717, 1.165) is 0 Å². The standard InChI is InChI=1S/C28H31BrO10/c1-22-10-17-24(3)28-18(22)19(32)27(39-28,36-11-14(22)20(33)37-17)13-9-16(31)25(29)7-4-5-15(30)23(25,2)12(13)6-8-26(28,35)21(34)38-24/h4-5,12-14,16-18,31,35H,6-11H2,1-3H3/t12-,13-,14-,16+,17-,18+,22?,23-,24-,25+,26?,27?,28?/m0/s1. The van der Waals surface area contributed by atoms with Crippen LogP contribution in [-0.2, 0) is 38.1 Å². The minimum absolute atomic E-state index is 0.0837. The van der Waals surface area contributed by atoms with E-state index >= 15 is 0 Å². The van der Waals surface area contributed by atoms with Gasteiger partial charge in [0.1, 0.15) is 6.10 Å². The highest BCUT2D eigenvalue weighted by Gasteiger charge is 2.93. The molecule has 39 heavy (non-hydrogen) atoms. The molecule has 0 aromatic heterocycles. The number of carbonyl (C=O) groups excluding carboxylic acids is 4. The second-order valence-corrected chi connectivity index (χ2v) is 15.1. The van der Waals surface area contributed by atoms with Gasteiger partial charge in [-0.3, -0.25) is 14.4 Å². The Kier molecular flexibility index (Phi) is 4.31. The van der Waals surface area contributed by atoms with Gasteiger partial charge in [0.05, 0.1) is 34.3 Å². The highest BCUT2D eigenvalue weighted by Crippen LogP contribution is 2.76. The zero-order valence-electron chi connectivity index (χ0n) is 21.9. The first-order valence-electron chi connectivity index (χ1n) is 13.8. The molecule has 5 bridgehead atoms. The number of esters is 2. The molecule has 0 radical (unpaired) electrons. The Labute approximate surface area is 232 Å². The Morgan fingerprint density at radius 3 is 2.59 bits per heavy atom. The number of hydrogen-bond acceptors (Lipinski definition) is 10. The number of hydrogen-bond donors (Lipinski definition) is 2. The Bertz CT molecular complexity index is 1330. The lowest BCUT2D eigenvalue weighted by Gasteiger charge is -2.64. The van der Waals surface area contributed by atoms with Gasteiger partial charge in [0.15, 0.2) is 28.4 Å². The fourth-order valence-electron chi connectivity index (χ4n) is 10.5. The van der Waals surface area contributed by atoms with E-state index in [0.29, 0.717) is 6.42 Å². The topological polar surface area (TPSA) is 146 Å². The zero-order valence-corrected chi connectivity index (χ0v) is 23.5. The Morgan fingerprint density at radius 1 is 1.10 bits per heavy atom. The molecular weight excluding hydrogens is 576 g/mol. The number of ether oxygens (including phenoxy) is 4. The van der Waals surface area contributed by atoms with Crippen molar-refractivity contribution < 1.29 is 48.3 Å². The SMILES string of the molecule is CC12C[C@@H]3OC(=O)[C@@H]1COC14OC5([C@@H]2C1=O)C(O)(CC[C@H]1[C@@H]4C[C@@H](O)[C@]2(Br)CC=CC(=O)[C@]12C)C(=O)O[C@@]35C. The van der Waals surface area contributed by atoms with Crippen LogP contribution in [0.5, 0.6) is 0 Å². The van der Waals surface area contributed by atoms with E-state index in [1.54, 1.807) is 19.9 Å². The Hall–Kier alpha value is -1.66. The third kappa shape index (κ3) is 2.18. The summed E-state index contributed by atoms with van der Waals surface area (Å²) in [7, 11) is 0. The van der Waals surface area contributed by atoms with Crippen LogP contribution in [-0.4, -0.2) is 79.4 Å². The number of Topliss-reactive ketones (excluding diaryl/α,β-unsaturated/α-hetero) is 1. The molecule has 7 fully saturated rings. The van der Waals surface area contributed by atoms with Crippen LogP contribution in [0.1, 0.15) is 52.9 Å². The van der Waals surface area contributed by atoms with Gasteiger partial charge in [0.25, 0.3) is 0 Å². The van der Waals surface area contributed by atoms with Crippen molar-refractivity contribution >= 4 is 39.4 Å². The van der Waals surface area contributed by atoms with Crippen LogP contribution in [0.15, 0.2) is 12.2 Å². The summed E-state index contributed by atoms with van der Waals surface area (Å²) in [6, 6.07) is 0. The number of allylic oxidation sites excluding steroid dienone is 2. The Morgan fingerprint density at radius 2 is 1.85 bits per heavy atom. The third-order valence-electron chi connectivity index (χ3n) is 12.6. The maximum absolute atomic E-state index is 14.9. The van der Waals surface area contributed by atoms with E-state index in [2.05, 4.69) is 15.9 Å². The fourth-order valence-corrected chi connectivity index (χ4v) is 11.4. The fraction of sp³-hybridized carbons (Fsp3) is 0.786. The molecule has 3 aliphatic carbocycles. The van der Waals surface area contributed by atoms with E-state index in [-0.39, 0.29) is 38.1 Å². The van der Waals surface area contributed by atoms with Crippen molar-refractivity contribution in [1.82, 2.24) is 0 Å². The van der Waals surface area contributed by atoms with Crippen LogP contribution < -0.4 is 0 Å². The first-order chi connectivity index (χ1) is 18.2. The van der Waals surface area contributed by atoms with Gasteiger partial charge in [-0.2, -0.15) is 0 Å². The lowest BCUT2D eigenvalue weighted by Crippen LogP contribution is -2.79. The number of halogens is 1.